The van der Waals surface area contributed by atoms with Crippen LogP contribution in [0.3, 0.4) is 0 Å². The molecular formula is C23H30N2O2. The molecule has 0 saturated heterocycles. The summed E-state index contributed by atoms with van der Waals surface area (Å²) >= 11 is 0. The molecule has 0 atom stereocenters. The largest absolute Gasteiger partial charge is 0.338 e. The van der Waals surface area contributed by atoms with E-state index in [0.717, 1.165) is 16.8 Å². The molecule has 0 aliphatic carbocycles. The Balaban J connectivity index is 1.91. The van der Waals surface area contributed by atoms with Crippen LogP contribution in [0.25, 0.3) is 0 Å². The van der Waals surface area contributed by atoms with E-state index in [1.807, 2.05) is 49.4 Å². The maximum atomic E-state index is 12.3. The molecule has 0 aromatic heterocycles. The summed E-state index contributed by atoms with van der Waals surface area (Å²) < 4.78 is 0. The van der Waals surface area contributed by atoms with Crippen molar-refractivity contribution in [2.45, 2.75) is 53.0 Å². The van der Waals surface area contributed by atoms with Gasteiger partial charge in [0.1, 0.15) is 0 Å². The molecule has 2 aromatic rings. The average molecular weight is 367 g/mol. The van der Waals surface area contributed by atoms with Crippen molar-refractivity contribution in [2.24, 2.45) is 0 Å². The molecule has 144 valence electrons. The Morgan fingerprint density at radius 2 is 1.70 bits per heavy atom. The predicted molar refractivity (Wildman–Crippen MR) is 111 cm³/mol. The Kier molecular flexibility index (Phi) is 6.78. The lowest BCUT2D eigenvalue weighted by Crippen LogP contribution is -2.31. The second kappa shape index (κ2) is 8.85. The van der Waals surface area contributed by atoms with Crippen LogP contribution in [0.15, 0.2) is 48.5 Å². The number of aryl methyl sites for hydroxylation is 1. The van der Waals surface area contributed by atoms with E-state index in [9.17, 15) is 9.59 Å². The number of nitrogens with zero attached hydrogens (tertiary/aromatic N) is 1. The molecule has 4 heteroatoms. The summed E-state index contributed by atoms with van der Waals surface area (Å²) in [5, 5.41) is 2.91. The maximum Gasteiger partial charge on any atom is 0.226 e. The van der Waals surface area contributed by atoms with Gasteiger partial charge >= 0.3 is 0 Å². The third-order valence-electron chi connectivity index (χ3n) is 4.54. The normalized spacial score (nSPS) is 11.1. The first-order chi connectivity index (χ1) is 12.6. The van der Waals surface area contributed by atoms with Gasteiger partial charge in [-0.2, -0.15) is 0 Å². The highest BCUT2D eigenvalue weighted by molar-refractivity contribution is 5.91. The van der Waals surface area contributed by atoms with E-state index in [1.54, 1.807) is 11.8 Å². The van der Waals surface area contributed by atoms with Crippen molar-refractivity contribution < 1.29 is 9.59 Å². The molecule has 2 amide bonds. The Bertz CT molecular complexity index is 789. The van der Waals surface area contributed by atoms with Gasteiger partial charge in [0.25, 0.3) is 0 Å². The molecule has 4 nitrogen and oxygen atoms in total. The fraction of sp³-hybridized carbons (Fsp3) is 0.391. The number of hydrogen-bond acceptors (Lipinski definition) is 2. The Morgan fingerprint density at radius 3 is 2.26 bits per heavy atom. The van der Waals surface area contributed by atoms with Gasteiger partial charge in [0, 0.05) is 32.1 Å². The highest BCUT2D eigenvalue weighted by Gasteiger charge is 2.14. The monoisotopic (exact) mass is 366 g/mol. The van der Waals surface area contributed by atoms with Crippen molar-refractivity contribution in [3.8, 4) is 0 Å². The van der Waals surface area contributed by atoms with Gasteiger partial charge in [-0.1, -0.05) is 62.7 Å². The molecule has 2 rings (SSSR count). The molecule has 0 radical (unpaired) electrons. The average Bonchev–Trinajstić information content (AvgIpc) is 2.58. The van der Waals surface area contributed by atoms with Crippen molar-refractivity contribution in [3.05, 3.63) is 65.2 Å². The lowest BCUT2D eigenvalue weighted by molar-refractivity contribution is -0.129. The van der Waals surface area contributed by atoms with E-state index >= 15 is 0 Å². The fourth-order valence-corrected chi connectivity index (χ4v) is 2.89. The zero-order chi connectivity index (χ0) is 20.0. The molecule has 0 unspecified atom stereocenters. The van der Waals surface area contributed by atoms with Crippen LogP contribution in [-0.4, -0.2) is 23.3 Å². The zero-order valence-corrected chi connectivity index (χ0v) is 17.0. The lowest BCUT2D eigenvalue weighted by Gasteiger charge is -2.21. The van der Waals surface area contributed by atoms with E-state index < -0.39 is 0 Å². The van der Waals surface area contributed by atoms with Crippen LogP contribution in [-0.2, 0) is 21.5 Å². The number of rotatable bonds is 6. The van der Waals surface area contributed by atoms with Crippen LogP contribution in [0, 0.1) is 6.92 Å². The van der Waals surface area contributed by atoms with Gasteiger partial charge in [0.2, 0.25) is 11.8 Å². The van der Waals surface area contributed by atoms with E-state index in [-0.39, 0.29) is 23.7 Å². The SMILES string of the molecule is CC(=O)N(CCC(=O)Nc1ccc(C(C)(C)C)cc1)Cc1cccc(C)c1. The van der Waals surface area contributed by atoms with Crippen molar-refractivity contribution in [1.82, 2.24) is 4.90 Å². The minimum absolute atomic E-state index is 0.0289. The molecule has 0 bridgehead atoms. The van der Waals surface area contributed by atoms with E-state index in [1.165, 1.54) is 5.56 Å². The second-order valence-corrected chi connectivity index (χ2v) is 8.06. The molecular weight excluding hydrogens is 336 g/mol. The Labute approximate surface area is 162 Å². The zero-order valence-electron chi connectivity index (χ0n) is 17.0. The van der Waals surface area contributed by atoms with Gasteiger partial charge in [-0.25, -0.2) is 0 Å². The standard InChI is InChI=1S/C23H30N2O2/c1-17-7-6-8-19(15-17)16-25(18(2)26)14-13-22(27)24-21-11-9-20(10-12-21)23(3,4)5/h6-12,15H,13-14,16H2,1-5H3,(H,24,27). The van der Waals surface area contributed by atoms with Gasteiger partial charge in [0.15, 0.2) is 0 Å². The lowest BCUT2D eigenvalue weighted by atomic mass is 9.87. The van der Waals surface area contributed by atoms with Gasteiger partial charge in [0.05, 0.1) is 0 Å². The van der Waals surface area contributed by atoms with E-state index in [4.69, 9.17) is 0 Å². The Morgan fingerprint density at radius 1 is 1.04 bits per heavy atom. The van der Waals surface area contributed by atoms with Crippen molar-refractivity contribution in [3.63, 3.8) is 0 Å². The minimum Gasteiger partial charge on any atom is -0.338 e. The van der Waals surface area contributed by atoms with Crippen LogP contribution < -0.4 is 5.32 Å². The predicted octanol–water partition coefficient (Wildman–Crippen LogP) is 4.67. The third-order valence-corrected chi connectivity index (χ3v) is 4.54. The van der Waals surface area contributed by atoms with Gasteiger partial charge < -0.3 is 10.2 Å². The summed E-state index contributed by atoms with van der Waals surface area (Å²) in [6, 6.07) is 16.0. The maximum absolute atomic E-state index is 12.3. The molecule has 0 saturated carbocycles. The topological polar surface area (TPSA) is 49.4 Å². The summed E-state index contributed by atoms with van der Waals surface area (Å²) in [7, 11) is 0. The molecule has 2 aromatic carbocycles. The van der Waals surface area contributed by atoms with Crippen LogP contribution >= 0.6 is 0 Å². The summed E-state index contributed by atoms with van der Waals surface area (Å²) in [6.45, 7) is 11.0. The minimum atomic E-state index is -0.0889. The van der Waals surface area contributed by atoms with E-state index in [0.29, 0.717) is 13.1 Å². The van der Waals surface area contributed by atoms with Crippen LogP contribution in [0.1, 0.15) is 50.8 Å². The number of nitrogens with one attached hydrogen (secondary N) is 1. The van der Waals surface area contributed by atoms with Gasteiger partial charge in [-0.3, -0.25) is 9.59 Å². The summed E-state index contributed by atoms with van der Waals surface area (Å²) in [4.78, 5) is 25.9. The molecule has 0 fully saturated rings. The third kappa shape index (κ3) is 6.55. The van der Waals surface area contributed by atoms with Gasteiger partial charge in [-0.15, -0.1) is 0 Å². The Hall–Kier alpha value is -2.62. The molecule has 0 aliphatic heterocycles. The van der Waals surface area contributed by atoms with E-state index in [2.05, 4.69) is 32.2 Å². The number of benzene rings is 2. The van der Waals surface area contributed by atoms with Crippen molar-refractivity contribution in [2.75, 3.05) is 11.9 Å². The first-order valence-electron chi connectivity index (χ1n) is 9.36. The van der Waals surface area contributed by atoms with Crippen molar-refractivity contribution in [1.29, 1.82) is 0 Å². The molecule has 27 heavy (non-hydrogen) atoms. The number of hydrogen-bond donors (Lipinski definition) is 1. The van der Waals surface area contributed by atoms with Gasteiger partial charge in [-0.05, 0) is 35.6 Å². The summed E-state index contributed by atoms with van der Waals surface area (Å²) in [6.07, 6.45) is 0.270. The molecule has 1 N–H and O–H groups in total. The molecule has 0 spiro atoms. The highest BCUT2D eigenvalue weighted by atomic mass is 16.2. The van der Waals surface area contributed by atoms with Crippen molar-refractivity contribution >= 4 is 17.5 Å². The molecule has 0 aliphatic rings. The highest BCUT2D eigenvalue weighted by Crippen LogP contribution is 2.23. The number of amides is 2. The fourth-order valence-electron chi connectivity index (χ4n) is 2.89. The second-order valence-electron chi connectivity index (χ2n) is 8.06. The summed E-state index contributed by atoms with van der Waals surface area (Å²) in [5.74, 6) is -0.118. The number of carbonyl (C=O) groups excluding carboxylic acids is 2. The number of carbonyl (C=O) groups is 2. The first kappa shape index (κ1) is 20.7. The first-order valence-corrected chi connectivity index (χ1v) is 9.36. The quantitative estimate of drug-likeness (QED) is 0.808. The molecule has 0 heterocycles. The van der Waals surface area contributed by atoms with Crippen LogP contribution in [0.5, 0.6) is 0 Å². The smallest absolute Gasteiger partial charge is 0.226 e. The number of anilines is 1. The summed E-state index contributed by atoms with van der Waals surface area (Å²) in [5.41, 5.74) is 4.32. The van der Waals surface area contributed by atoms with Crippen LogP contribution in [0.4, 0.5) is 5.69 Å². The van der Waals surface area contributed by atoms with Crippen LogP contribution in [0.2, 0.25) is 0 Å².